The van der Waals surface area contributed by atoms with Gasteiger partial charge in [-0.2, -0.15) is 0 Å². The molecule has 0 N–H and O–H groups in total. The molecule has 0 saturated carbocycles. The third-order valence-electron chi connectivity index (χ3n) is 3.80. The molecule has 0 unspecified atom stereocenters. The smallest absolute Gasteiger partial charge is 0.184 e. The standard InChI is InChI=1S/C21H52O6Si5/c1-28(2,3)23-17-19(25-30(7,8)9)21(27-32(13,14)15)20(26-31(10,11)12)18(16-22)24-29(4,5)6/h16,18-21H,17H2,1-15H3/t18-,19-,20-,21+/m0/s1. The number of carbonyl (C=O) groups excluding carboxylic acids is 1. The molecule has 192 valence electrons. The molecule has 0 heterocycles. The van der Waals surface area contributed by atoms with Crippen molar-refractivity contribution in [1.82, 2.24) is 0 Å². The number of hydrogen-bond acceptors (Lipinski definition) is 6. The molecule has 11 heteroatoms. The molecule has 0 amide bonds. The van der Waals surface area contributed by atoms with Crippen LogP contribution in [0.15, 0.2) is 0 Å². The summed E-state index contributed by atoms with van der Waals surface area (Å²) in [7, 11) is -9.81. The van der Waals surface area contributed by atoms with Crippen molar-refractivity contribution in [2.75, 3.05) is 6.61 Å². The second kappa shape index (κ2) is 12.0. The lowest BCUT2D eigenvalue weighted by molar-refractivity contribution is -0.127. The zero-order valence-corrected chi connectivity index (χ0v) is 28.5. The van der Waals surface area contributed by atoms with Crippen molar-refractivity contribution in [3.63, 3.8) is 0 Å². The molecule has 0 aromatic rings. The van der Waals surface area contributed by atoms with Crippen LogP contribution in [0.2, 0.25) is 98.2 Å². The number of rotatable bonds is 15. The van der Waals surface area contributed by atoms with E-state index in [4.69, 9.17) is 22.1 Å². The van der Waals surface area contributed by atoms with Gasteiger partial charge in [-0.1, -0.05) is 0 Å². The minimum Gasteiger partial charge on any atom is -0.415 e. The molecule has 32 heavy (non-hydrogen) atoms. The second-order valence-corrected chi connectivity index (χ2v) is 35.8. The minimum absolute atomic E-state index is 0.325. The topological polar surface area (TPSA) is 63.2 Å². The number of carbonyl (C=O) groups is 1. The van der Waals surface area contributed by atoms with E-state index in [2.05, 4.69) is 98.2 Å². The van der Waals surface area contributed by atoms with Gasteiger partial charge in [-0.05, 0) is 98.2 Å². The zero-order chi connectivity index (χ0) is 25.8. The molecule has 0 aliphatic carbocycles. The van der Waals surface area contributed by atoms with Crippen molar-refractivity contribution in [3.05, 3.63) is 0 Å². The maximum atomic E-state index is 12.3. The molecule has 0 saturated heterocycles. The van der Waals surface area contributed by atoms with Crippen LogP contribution >= 0.6 is 0 Å². The number of aldehydes is 1. The van der Waals surface area contributed by atoms with Crippen LogP contribution < -0.4 is 0 Å². The maximum absolute atomic E-state index is 12.3. The molecule has 0 aromatic heterocycles. The van der Waals surface area contributed by atoms with E-state index in [0.29, 0.717) is 6.61 Å². The first-order chi connectivity index (χ1) is 13.9. The van der Waals surface area contributed by atoms with Gasteiger partial charge in [-0.3, -0.25) is 0 Å². The van der Waals surface area contributed by atoms with Gasteiger partial charge in [-0.15, -0.1) is 0 Å². The molecule has 0 aliphatic heterocycles. The summed E-state index contributed by atoms with van der Waals surface area (Å²) in [4.78, 5) is 12.3. The monoisotopic (exact) mass is 540 g/mol. The summed E-state index contributed by atoms with van der Waals surface area (Å²) in [5.41, 5.74) is 0. The van der Waals surface area contributed by atoms with Gasteiger partial charge in [-0.25, -0.2) is 0 Å². The van der Waals surface area contributed by atoms with Crippen LogP contribution in [0.5, 0.6) is 0 Å². The molecular formula is C21H52O6Si5. The van der Waals surface area contributed by atoms with Crippen LogP contribution in [0, 0.1) is 0 Å². The highest BCUT2D eigenvalue weighted by Gasteiger charge is 2.45. The molecule has 0 rings (SSSR count). The Morgan fingerprint density at radius 3 is 1.22 bits per heavy atom. The third kappa shape index (κ3) is 16.2. The highest BCUT2D eigenvalue weighted by Crippen LogP contribution is 2.28. The van der Waals surface area contributed by atoms with E-state index in [9.17, 15) is 4.79 Å². The average Bonchev–Trinajstić information content (AvgIpc) is 2.48. The molecule has 0 bridgehead atoms. The Kier molecular flexibility index (Phi) is 12.2. The predicted molar refractivity (Wildman–Crippen MR) is 148 cm³/mol. The summed E-state index contributed by atoms with van der Waals surface area (Å²) in [5, 5.41) is 0. The van der Waals surface area contributed by atoms with Gasteiger partial charge < -0.3 is 26.9 Å². The largest absolute Gasteiger partial charge is 0.415 e. The highest BCUT2D eigenvalue weighted by molar-refractivity contribution is 6.71. The second-order valence-electron chi connectivity index (χ2n) is 13.4. The molecule has 0 radical (unpaired) electrons. The van der Waals surface area contributed by atoms with Crippen molar-refractivity contribution in [2.24, 2.45) is 0 Å². The first-order valence-corrected chi connectivity index (χ1v) is 28.8. The van der Waals surface area contributed by atoms with Gasteiger partial charge in [0.1, 0.15) is 18.5 Å². The summed E-state index contributed by atoms with van der Waals surface area (Å²) in [5.74, 6) is 0. The molecule has 6 nitrogen and oxygen atoms in total. The van der Waals surface area contributed by atoms with E-state index < -0.39 is 59.9 Å². The third-order valence-corrected chi connectivity index (χ3v) is 8.78. The lowest BCUT2D eigenvalue weighted by Gasteiger charge is -2.44. The Balaban J connectivity index is 6.51. The van der Waals surface area contributed by atoms with Crippen LogP contribution in [0.4, 0.5) is 0 Å². The van der Waals surface area contributed by atoms with Gasteiger partial charge in [0.15, 0.2) is 41.6 Å². The Bertz CT molecular complexity index is 570. The molecular weight excluding hydrogens is 489 g/mol. The summed E-state index contributed by atoms with van der Waals surface area (Å²) < 4.78 is 32.8. The van der Waals surface area contributed by atoms with E-state index >= 15 is 0 Å². The first kappa shape index (κ1) is 32.6. The lowest BCUT2D eigenvalue weighted by atomic mass is 10.0. The van der Waals surface area contributed by atoms with Crippen LogP contribution in [0.25, 0.3) is 0 Å². The fourth-order valence-corrected chi connectivity index (χ4v) is 8.02. The molecule has 4 atom stereocenters. The molecule has 0 aromatic carbocycles. The van der Waals surface area contributed by atoms with Gasteiger partial charge in [0.2, 0.25) is 0 Å². The Labute approximate surface area is 203 Å². The van der Waals surface area contributed by atoms with Crippen LogP contribution in [-0.4, -0.2) is 78.9 Å². The van der Waals surface area contributed by atoms with Gasteiger partial charge in [0.25, 0.3) is 0 Å². The summed E-state index contributed by atoms with van der Waals surface area (Å²) in [6.07, 6.45) is -1.11. The molecule has 0 spiro atoms. The Hall–Kier alpha value is 0.554. The lowest BCUT2D eigenvalue weighted by Crippen LogP contribution is -2.59. The zero-order valence-electron chi connectivity index (χ0n) is 23.5. The molecule has 0 aliphatic rings. The van der Waals surface area contributed by atoms with Gasteiger partial charge >= 0.3 is 0 Å². The van der Waals surface area contributed by atoms with Gasteiger partial charge in [0, 0.05) is 0 Å². The fourth-order valence-electron chi connectivity index (χ4n) is 3.05. The molecule has 0 fully saturated rings. The SMILES string of the molecule is C[Si](C)(C)OC[C@H](O[Si](C)(C)C)[C@@H](O[Si](C)(C)C)[C@@H](O[Si](C)(C)C)[C@H](C=O)O[Si](C)(C)C. The van der Waals surface area contributed by atoms with Crippen LogP contribution in [0.3, 0.4) is 0 Å². The van der Waals surface area contributed by atoms with Crippen molar-refractivity contribution >= 4 is 47.9 Å². The van der Waals surface area contributed by atoms with E-state index in [1.165, 1.54) is 0 Å². The minimum atomic E-state index is -2.04. The van der Waals surface area contributed by atoms with E-state index in [0.717, 1.165) is 6.29 Å². The quantitative estimate of drug-likeness (QED) is 0.190. The van der Waals surface area contributed by atoms with Crippen LogP contribution in [0.1, 0.15) is 0 Å². The number of hydrogen-bond donors (Lipinski definition) is 0. The highest BCUT2D eigenvalue weighted by atomic mass is 28.4. The average molecular weight is 541 g/mol. The summed E-state index contributed by atoms with van der Waals surface area (Å²) in [6, 6.07) is 0. The van der Waals surface area contributed by atoms with Gasteiger partial charge in [0.05, 0.1) is 18.8 Å². The predicted octanol–water partition coefficient (Wildman–Crippen LogP) is 5.92. The summed E-state index contributed by atoms with van der Waals surface area (Å²) >= 11 is 0. The fraction of sp³-hybridized carbons (Fsp3) is 0.952. The Morgan fingerprint density at radius 1 is 0.531 bits per heavy atom. The van der Waals surface area contributed by atoms with E-state index in [1.807, 2.05) is 0 Å². The van der Waals surface area contributed by atoms with Crippen molar-refractivity contribution in [2.45, 2.75) is 123 Å². The summed E-state index contributed by atoms with van der Waals surface area (Å²) in [6.45, 7) is 32.6. The van der Waals surface area contributed by atoms with Crippen LogP contribution in [-0.2, 0) is 26.9 Å². The first-order valence-electron chi connectivity index (χ1n) is 11.7. The van der Waals surface area contributed by atoms with Crippen molar-refractivity contribution in [3.8, 4) is 0 Å². The van der Waals surface area contributed by atoms with E-state index in [1.54, 1.807) is 0 Å². The normalized spacial score (nSPS) is 18.2. The van der Waals surface area contributed by atoms with E-state index in [-0.39, 0.29) is 6.10 Å². The Morgan fingerprint density at radius 2 is 0.906 bits per heavy atom. The van der Waals surface area contributed by atoms with Crippen molar-refractivity contribution in [1.29, 1.82) is 0 Å². The maximum Gasteiger partial charge on any atom is 0.184 e. The van der Waals surface area contributed by atoms with Crippen molar-refractivity contribution < 1.29 is 26.9 Å².